The number of ether oxygens (including phenoxy) is 1. The second-order valence-corrected chi connectivity index (χ2v) is 3.93. The van der Waals surface area contributed by atoms with Gasteiger partial charge in [-0.1, -0.05) is 19.8 Å². The Morgan fingerprint density at radius 2 is 2.18 bits per heavy atom. The van der Waals surface area contributed by atoms with Crippen LogP contribution in [0.1, 0.15) is 49.0 Å². The number of Topliss-reactive ketones (excluding diaryl/α,β-unsaturated/α-hetero) is 1. The van der Waals surface area contributed by atoms with Gasteiger partial charge in [-0.05, 0) is 31.5 Å². The summed E-state index contributed by atoms with van der Waals surface area (Å²) in [6.07, 6.45) is 3.19. The van der Waals surface area contributed by atoms with Gasteiger partial charge in [-0.2, -0.15) is 5.26 Å². The zero-order chi connectivity index (χ0) is 12.7. The Kier molecular flexibility index (Phi) is 5.22. The van der Waals surface area contributed by atoms with Gasteiger partial charge in [0, 0.05) is 0 Å². The number of ketones is 1. The zero-order valence-electron chi connectivity index (χ0n) is 10.3. The Morgan fingerprint density at radius 1 is 1.41 bits per heavy atom. The molecule has 0 atom stereocenters. The van der Waals surface area contributed by atoms with Crippen LogP contribution < -0.4 is 4.74 Å². The normalized spacial score (nSPS) is 9.71. The molecule has 3 nitrogen and oxygen atoms in total. The first-order valence-corrected chi connectivity index (χ1v) is 5.87. The molecule has 0 amide bonds. The van der Waals surface area contributed by atoms with Crippen molar-refractivity contribution in [3.05, 3.63) is 29.3 Å². The minimum absolute atomic E-state index is 0.0417. The smallest absolute Gasteiger partial charge is 0.163 e. The van der Waals surface area contributed by atoms with E-state index in [0.717, 1.165) is 19.3 Å². The van der Waals surface area contributed by atoms with E-state index in [-0.39, 0.29) is 5.78 Å². The van der Waals surface area contributed by atoms with Crippen LogP contribution in [-0.2, 0) is 0 Å². The monoisotopic (exact) mass is 231 g/mol. The lowest BCUT2D eigenvalue weighted by Crippen LogP contribution is -2.03. The number of carbonyl (C=O) groups is 1. The summed E-state index contributed by atoms with van der Waals surface area (Å²) < 4.78 is 5.57. The van der Waals surface area contributed by atoms with Crippen LogP contribution in [0.5, 0.6) is 5.75 Å². The Labute approximate surface area is 102 Å². The van der Waals surface area contributed by atoms with E-state index in [1.165, 1.54) is 6.92 Å². The molecule has 0 aliphatic carbocycles. The fraction of sp³-hybridized carbons (Fsp3) is 0.429. The lowest BCUT2D eigenvalue weighted by molar-refractivity contribution is 0.101. The van der Waals surface area contributed by atoms with E-state index in [9.17, 15) is 4.79 Å². The molecule has 1 aromatic carbocycles. The van der Waals surface area contributed by atoms with E-state index < -0.39 is 0 Å². The van der Waals surface area contributed by atoms with Gasteiger partial charge in [0.1, 0.15) is 5.75 Å². The van der Waals surface area contributed by atoms with Crippen LogP contribution in [0.4, 0.5) is 0 Å². The number of nitrogens with zero attached hydrogens (tertiary/aromatic N) is 1. The number of nitriles is 1. The summed E-state index contributed by atoms with van der Waals surface area (Å²) in [5, 5.41) is 8.81. The van der Waals surface area contributed by atoms with Crippen LogP contribution in [0.3, 0.4) is 0 Å². The lowest BCUT2D eigenvalue weighted by Gasteiger charge is -2.09. The number of benzene rings is 1. The standard InChI is InChI=1S/C14H17NO2/c1-3-4-5-8-17-14-9-12(10-15)6-7-13(14)11(2)16/h6-7,9H,3-5,8H2,1-2H3. The number of rotatable bonds is 6. The first-order valence-electron chi connectivity index (χ1n) is 5.87. The maximum absolute atomic E-state index is 11.4. The summed E-state index contributed by atoms with van der Waals surface area (Å²) in [5.41, 5.74) is 1.06. The zero-order valence-corrected chi connectivity index (χ0v) is 10.3. The third-order valence-electron chi connectivity index (χ3n) is 2.50. The minimum Gasteiger partial charge on any atom is -0.493 e. The van der Waals surface area contributed by atoms with Gasteiger partial charge in [-0.3, -0.25) is 4.79 Å². The van der Waals surface area contributed by atoms with Crippen molar-refractivity contribution >= 4 is 5.78 Å². The molecule has 17 heavy (non-hydrogen) atoms. The Morgan fingerprint density at radius 3 is 2.76 bits per heavy atom. The summed E-state index contributed by atoms with van der Waals surface area (Å²) in [4.78, 5) is 11.4. The summed E-state index contributed by atoms with van der Waals surface area (Å²) in [5.74, 6) is 0.479. The summed E-state index contributed by atoms with van der Waals surface area (Å²) >= 11 is 0. The third-order valence-corrected chi connectivity index (χ3v) is 2.50. The van der Waals surface area contributed by atoms with Gasteiger partial charge >= 0.3 is 0 Å². The van der Waals surface area contributed by atoms with Crippen LogP contribution >= 0.6 is 0 Å². The number of hydrogen-bond acceptors (Lipinski definition) is 3. The number of carbonyl (C=O) groups excluding carboxylic acids is 1. The Balaban J connectivity index is 2.79. The maximum atomic E-state index is 11.4. The molecular formula is C14H17NO2. The van der Waals surface area contributed by atoms with Crippen molar-refractivity contribution in [3.63, 3.8) is 0 Å². The van der Waals surface area contributed by atoms with Crippen LogP contribution in [0.15, 0.2) is 18.2 Å². The van der Waals surface area contributed by atoms with Crippen LogP contribution in [0.25, 0.3) is 0 Å². The van der Waals surface area contributed by atoms with Gasteiger partial charge in [-0.15, -0.1) is 0 Å². The second kappa shape index (κ2) is 6.70. The molecule has 0 heterocycles. The van der Waals surface area contributed by atoms with Crippen molar-refractivity contribution in [2.24, 2.45) is 0 Å². The molecule has 0 aromatic heterocycles. The SMILES string of the molecule is CCCCCOc1cc(C#N)ccc1C(C)=O. The van der Waals surface area contributed by atoms with E-state index in [0.29, 0.717) is 23.5 Å². The van der Waals surface area contributed by atoms with Gasteiger partial charge in [0.2, 0.25) is 0 Å². The quantitative estimate of drug-likeness (QED) is 0.557. The van der Waals surface area contributed by atoms with E-state index in [4.69, 9.17) is 10.00 Å². The summed E-state index contributed by atoms with van der Waals surface area (Å²) in [6.45, 7) is 4.21. The summed E-state index contributed by atoms with van der Waals surface area (Å²) in [6, 6.07) is 6.95. The summed E-state index contributed by atoms with van der Waals surface area (Å²) in [7, 11) is 0. The maximum Gasteiger partial charge on any atom is 0.163 e. The molecule has 0 saturated heterocycles. The molecule has 0 radical (unpaired) electrons. The van der Waals surface area contributed by atoms with Gasteiger partial charge in [-0.25, -0.2) is 0 Å². The van der Waals surface area contributed by atoms with Gasteiger partial charge in [0.25, 0.3) is 0 Å². The van der Waals surface area contributed by atoms with Crippen LogP contribution in [-0.4, -0.2) is 12.4 Å². The van der Waals surface area contributed by atoms with Gasteiger partial charge < -0.3 is 4.74 Å². The lowest BCUT2D eigenvalue weighted by atomic mass is 10.1. The number of hydrogen-bond donors (Lipinski definition) is 0. The van der Waals surface area contributed by atoms with E-state index >= 15 is 0 Å². The first kappa shape index (κ1) is 13.2. The molecule has 0 N–H and O–H groups in total. The van der Waals surface area contributed by atoms with Crippen molar-refractivity contribution in [2.45, 2.75) is 33.1 Å². The van der Waals surface area contributed by atoms with Crippen molar-refractivity contribution in [2.75, 3.05) is 6.61 Å². The van der Waals surface area contributed by atoms with Crippen molar-refractivity contribution < 1.29 is 9.53 Å². The molecule has 0 spiro atoms. The molecule has 0 fully saturated rings. The molecule has 3 heteroatoms. The highest BCUT2D eigenvalue weighted by Crippen LogP contribution is 2.21. The van der Waals surface area contributed by atoms with E-state index in [1.54, 1.807) is 18.2 Å². The molecule has 0 saturated carbocycles. The third kappa shape index (κ3) is 3.92. The van der Waals surface area contributed by atoms with Crippen molar-refractivity contribution in [1.29, 1.82) is 5.26 Å². The first-order chi connectivity index (χ1) is 8.19. The van der Waals surface area contributed by atoms with Crippen LogP contribution in [0.2, 0.25) is 0 Å². The molecule has 0 aliphatic rings. The van der Waals surface area contributed by atoms with Crippen molar-refractivity contribution in [3.8, 4) is 11.8 Å². The molecule has 1 rings (SSSR count). The van der Waals surface area contributed by atoms with Gasteiger partial charge in [0.05, 0.1) is 23.8 Å². The Bertz CT molecular complexity index is 432. The topological polar surface area (TPSA) is 50.1 Å². The Hall–Kier alpha value is -1.82. The van der Waals surface area contributed by atoms with Gasteiger partial charge in [0.15, 0.2) is 5.78 Å². The fourth-order valence-electron chi connectivity index (χ4n) is 1.54. The average Bonchev–Trinajstić information content (AvgIpc) is 2.34. The fourth-order valence-corrected chi connectivity index (χ4v) is 1.54. The molecule has 90 valence electrons. The number of unbranched alkanes of at least 4 members (excludes halogenated alkanes) is 2. The highest BCUT2D eigenvalue weighted by molar-refractivity contribution is 5.97. The largest absolute Gasteiger partial charge is 0.493 e. The molecule has 1 aromatic rings. The van der Waals surface area contributed by atoms with E-state index in [2.05, 4.69) is 6.92 Å². The minimum atomic E-state index is -0.0417. The van der Waals surface area contributed by atoms with Crippen molar-refractivity contribution in [1.82, 2.24) is 0 Å². The molecule has 0 aliphatic heterocycles. The highest BCUT2D eigenvalue weighted by Gasteiger charge is 2.09. The highest BCUT2D eigenvalue weighted by atomic mass is 16.5. The van der Waals surface area contributed by atoms with Crippen LogP contribution in [0, 0.1) is 11.3 Å². The molecular weight excluding hydrogens is 214 g/mol. The predicted octanol–water partition coefficient (Wildman–Crippen LogP) is 3.33. The second-order valence-electron chi connectivity index (χ2n) is 3.93. The molecule has 0 unspecified atom stereocenters. The molecule has 0 bridgehead atoms. The predicted molar refractivity (Wildman–Crippen MR) is 66.2 cm³/mol. The average molecular weight is 231 g/mol. The van der Waals surface area contributed by atoms with E-state index in [1.807, 2.05) is 6.07 Å².